The Balaban J connectivity index is 1.84. The number of amides is 2. The second-order valence-electron chi connectivity index (χ2n) is 7.77. The molecular formula is C23H30N2O5. The van der Waals surface area contributed by atoms with Gasteiger partial charge in [0.25, 0.3) is 0 Å². The molecule has 0 unspecified atom stereocenters. The van der Waals surface area contributed by atoms with Crippen molar-refractivity contribution < 1.29 is 23.8 Å². The van der Waals surface area contributed by atoms with Gasteiger partial charge in [-0.05, 0) is 50.6 Å². The van der Waals surface area contributed by atoms with Gasteiger partial charge in [-0.3, -0.25) is 10.1 Å². The highest BCUT2D eigenvalue weighted by Gasteiger charge is 2.16. The van der Waals surface area contributed by atoms with E-state index in [-0.39, 0.29) is 12.3 Å². The van der Waals surface area contributed by atoms with Crippen LogP contribution in [0.2, 0.25) is 0 Å². The summed E-state index contributed by atoms with van der Waals surface area (Å²) in [5, 5.41) is 5.54. The fourth-order valence-electron chi connectivity index (χ4n) is 2.57. The van der Waals surface area contributed by atoms with Gasteiger partial charge in [-0.15, -0.1) is 0 Å². The summed E-state index contributed by atoms with van der Waals surface area (Å²) in [4.78, 5) is 24.2. The molecule has 0 fully saturated rings. The van der Waals surface area contributed by atoms with Gasteiger partial charge in [0, 0.05) is 37.6 Å². The third-order valence-electron chi connectivity index (χ3n) is 3.84. The quantitative estimate of drug-likeness (QED) is 0.584. The van der Waals surface area contributed by atoms with Crippen molar-refractivity contribution >= 4 is 23.4 Å². The Hall–Kier alpha value is -3.06. The minimum Gasteiger partial charge on any atom is -0.493 e. The maximum atomic E-state index is 12.4. The predicted octanol–water partition coefficient (Wildman–Crippen LogP) is 4.63. The summed E-state index contributed by atoms with van der Waals surface area (Å²) in [5.41, 5.74) is 1.54. The number of anilines is 2. The van der Waals surface area contributed by atoms with Gasteiger partial charge < -0.3 is 19.5 Å². The maximum Gasteiger partial charge on any atom is 0.412 e. The molecule has 2 aromatic carbocycles. The van der Waals surface area contributed by atoms with Gasteiger partial charge in [-0.1, -0.05) is 18.2 Å². The molecule has 0 aliphatic carbocycles. The van der Waals surface area contributed by atoms with Crippen LogP contribution in [0, 0.1) is 0 Å². The molecule has 0 bridgehead atoms. The lowest BCUT2D eigenvalue weighted by atomic mass is 10.1. The fraction of sp³-hybridized carbons (Fsp3) is 0.391. The van der Waals surface area contributed by atoms with Gasteiger partial charge in [0.05, 0.1) is 13.0 Å². The van der Waals surface area contributed by atoms with E-state index in [1.54, 1.807) is 58.2 Å². The molecule has 2 aromatic rings. The normalized spacial score (nSPS) is 10.9. The molecule has 0 spiro atoms. The lowest BCUT2D eigenvalue weighted by Crippen LogP contribution is -2.27. The van der Waals surface area contributed by atoms with Crippen molar-refractivity contribution in [3.8, 4) is 5.75 Å². The molecule has 0 aromatic heterocycles. The molecule has 2 N–H and O–H groups in total. The van der Waals surface area contributed by atoms with E-state index in [9.17, 15) is 9.59 Å². The molecule has 0 radical (unpaired) electrons. The summed E-state index contributed by atoms with van der Waals surface area (Å²) in [6.07, 6.45) is 0.495. The number of methoxy groups -OCH3 is 1. The zero-order valence-electron chi connectivity index (χ0n) is 18.0. The van der Waals surface area contributed by atoms with E-state index in [2.05, 4.69) is 10.6 Å². The molecule has 7 heteroatoms. The molecule has 30 heavy (non-hydrogen) atoms. The zero-order valence-corrected chi connectivity index (χ0v) is 18.0. The maximum absolute atomic E-state index is 12.4. The third kappa shape index (κ3) is 8.96. The van der Waals surface area contributed by atoms with E-state index < -0.39 is 11.7 Å². The molecule has 0 saturated heterocycles. The fourth-order valence-corrected chi connectivity index (χ4v) is 2.57. The molecule has 0 saturated carbocycles. The lowest BCUT2D eigenvalue weighted by molar-refractivity contribution is -0.115. The number of rotatable bonds is 9. The van der Waals surface area contributed by atoms with E-state index >= 15 is 0 Å². The van der Waals surface area contributed by atoms with Gasteiger partial charge in [-0.2, -0.15) is 0 Å². The van der Waals surface area contributed by atoms with Crippen molar-refractivity contribution in [3.05, 3.63) is 54.1 Å². The minimum atomic E-state index is -0.561. The molecule has 2 amide bonds. The monoisotopic (exact) mass is 414 g/mol. The van der Waals surface area contributed by atoms with Gasteiger partial charge in [0.1, 0.15) is 11.4 Å². The highest BCUT2D eigenvalue weighted by atomic mass is 16.6. The number of nitrogens with one attached hydrogen (secondary N) is 2. The number of ether oxygens (including phenoxy) is 3. The molecule has 0 aliphatic rings. The van der Waals surface area contributed by atoms with Gasteiger partial charge in [0.2, 0.25) is 5.91 Å². The van der Waals surface area contributed by atoms with Crippen LogP contribution in [0.25, 0.3) is 0 Å². The molecule has 0 heterocycles. The molecular weight excluding hydrogens is 384 g/mol. The van der Waals surface area contributed by atoms with Crippen molar-refractivity contribution in [2.45, 2.75) is 39.2 Å². The summed E-state index contributed by atoms with van der Waals surface area (Å²) in [6.45, 7) is 6.60. The van der Waals surface area contributed by atoms with E-state index in [0.717, 1.165) is 12.0 Å². The van der Waals surface area contributed by atoms with Crippen molar-refractivity contribution in [1.82, 2.24) is 0 Å². The van der Waals surface area contributed by atoms with E-state index in [1.165, 1.54) is 0 Å². The summed E-state index contributed by atoms with van der Waals surface area (Å²) >= 11 is 0. The molecule has 2 rings (SSSR count). The van der Waals surface area contributed by atoms with E-state index in [1.807, 2.05) is 18.2 Å². The Morgan fingerprint density at radius 1 is 0.933 bits per heavy atom. The summed E-state index contributed by atoms with van der Waals surface area (Å²) in [5.74, 6) is 0.556. The number of carbonyl (C=O) groups is 2. The first-order valence-corrected chi connectivity index (χ1v) is 9.86. The predicted molar refractivity (Wildman–Crippen MR) is 117 cm³/mol. The molecule has 0 aliphatic heterocycles. The largest absolute Gasteiger partial charge is 0.493 e. The van der Waals surface area contributed by atoms with Crippen LogP contribution < -0.4 is 15.4 Å². The number of hydrogen-bond donors (Lipinski definition) is 2. The average molecular weight is 415 g/mol. The van der Waals surface area contributed by atoms with Crippen LogP contribution in [0.5, 0.6) is 5.75 Å². The van der Waals surface area contributed by atoms with Gasteiger partial charge in [0.15, 0.2) is 0 Å². The summed E-state index contributed by atoms with van der Waals surface area (Å²) < 4.78 is 15.9. The Labute approximate surface area is 177 Å². The first-order valence-electron chi connectivity index (χ1n) is 9.86. The van der Waals surface area contributed by atoms with Crippen LogP contribution in [-0.2, 0) is 20.7 Å². The van der Waals surface area contributed by atoms with Crippen LogP contribution >= 0.6 is 0 Å². The van der Waals surface area contributed by atoms with Crippen LogP contribution in [0.4, 0.5) is 16.2 Å². The van der Waals surface area contributed by atoms with Gasteiger partial charge >= 0.3 is 6.09 Å². The standard InChI is InChI=1S/C23H30N2O5/c1-23(2,3)30-22(27)25-18-11-9-17(10-12-18)15-21(26)24-19-7-5-8-20(16-19)29-14-6-13-28-4/h5,7-12,16H,6,13-15H2,1-4H3,(H,24,26)(H,25,27). The first kappa shape index (κ1) is 23.2. The van der Waals surface area contributed by atoms with E-state index in [0.29, 0.717) is 30.3 Å². The molecule has 0 atom stereocenters. The van der Waals surface area contributed by atoms with Crippen LogP contribution in [0.1, 0.15) is 32.8 Å². The summed E-state index contributed by atoms with van der Waals surface area (Å²) in [7, 11) is 1.65. The van der Waals surface area contributed by atoms with Crippen molar-refractivity contribution in [2.75, 3.05) is 31.0 Å². The number of benzene rings is 2. The van der Waals surface area contributed by atoms with Crippen molar-refractivity contribution in [1.29, 1.82) is 0 Å². The molecule has 162 valence electrons. The van der Waals surface area contributed by atoms with E-state index in [4.69, 9.17) is 14.2 Å². The molecule has 7 nitrogen and oxygen atoms in total. The van der Waals surface area contributed by atoms with Gasteiger partial charge in [-0.25, -0.2) is 4.79 Å². The van der Waals surface area contributed by atoms with Crippen LogP contribution in [0.3, 0.4) is 0 Å². The van der Waals surface area contributed by atoms with Crippen molar-refractivity contribution in [3.63, 3.8) is 0 Å². The Bertz CT molecular complexity index is 828. The SMILES string of the molecule is COCCCOc1cccc(NC(=O)Cc2ccc(NC(=O)OC(C)(C)C)cc2)c1. The first-order chi connectivity index (χ1) is 14.2. The Morgan fingerprint density at radius 2 is 1.67 bits per heavy atom. The average Bonchev–Trinajstić information content (AvgIpc) is 2.65. The second-order valence-corrected chi connectivity index (χ2v) is 7.77. The third-order valence-corrected chi connectivity index (χ3v) is 3.84. The zero-order chi connectivity index (χ0) is 22.0. The number of hydrogen-bond acceptors (Lipinski definition) is 5. The Morgan fingerprint density at radius 3 is 2.33 bits per heavy atom. The second kappa shape index (κ2) is 11.2. The minimum absolute atomic E-state index is 0.139. The smallest absolute Gasteiger partial charge is 0.412 e. The Kier molecular flexibility index (Phi) is 8.68. The highest BCUT2D eigenvalue weighted by Crippen LogP contribution is 2.18. The van der Waals surface area contributed by atoms with Crippen LogP contribution in [0.15, 0.2) is 48.5 Å². The lowest BCUT2D eigenvalue weighted by Gasteiger charge is -2.19. The van der Waals surface area contributed by atoms with Crippen molar-refractivity contribution in [2.24, 2.45) is 0 Å². The van der Waals surface area contributed by atoms with Crippen LogP contribution in [-0.4, -0.2) is 37.9 Å². The summed E-state index contributed by atoms with van der Waals surface area (Å²) in [6, 6.07) is 14.3. The highest BCUT2D eigenvalue weighted by molar-refractivity contribution is 5.92. The number of carbonyl (C=O) groups excluding carboxylic acids is 2. The topological polar surface area (TPSA) is 85.9 Å².